The van der Waals surface area contributed by atoms with E-state index in [9.17, 15) is 15.4 Å². The van der Waals surface area contributed by atoms with Gasteiger partial charge in [0.25, 0.3) is 0 Å². The van der Waals surface area contributed by atoms with E-state index in [1.54, 1.807) is 36.5 Å². The molecule has 0 bridgehead atoms. The molecule has 1 aliphatic carbocycles. The lowest BCUT2D eigenvalue weighted by atomic mass is 9.97. The van der Waals surface area contributed by atoms with Crippen molar-refractivity contribution in [3.8, 4) is 5.75 Å². The highest BCUT2D eigenvalue weighted by Crippen LogP contribution is 2.29. The maximum absolute atomic E-state index is 12.8. The zero-order chi connectivity index (χ0) is 19.9. The van der Waals surface area contributed by atoms with Crippen molar-refractivity contribution >= 4 is 33.4 Å². The molecule has 2 aromatic rings. The molecule has 28 heavy (non-hydrogen) atoms. The predicted octanol–water partition coefficient (Wildman–Crippen LogP) is 4.25. The number of hydrogen-bond acceptors (Lipinski definition) is 5. The van der Waals surface area contributed by atoms with E-state index in [1.165, 1.54) is 6.07 Å². The third-order valence-electron chi connectivity index (χ3n) is 4.68. The fraction of sp³-hybridized carbons (Fsp3) is 0.350. The van der Waals surface area contributed by atoms with Crippen molar-refractivity contribution in [1.29, 1.82) is 0 Å². The Kier molecular flexibility index (Phi) is 6.79. The highest BCUT2D eigenvalue weighted by Gasteiger charge is 2.36. The lowest BCUT2D eigenvalue weighted by Gasteiger charge is -2.22. The molecule has 3 rings (SSSR count). The van der Waals surface area contributed by atoms with Crippen LogP contribution in [0.4, 0.5) is 5.82 Å². The molecule has 7 nitrogen and oxygen atoms in total. The summed E-state index contributed by atoms with van der Waals surface area (Å²) in [5.41, 5.74) is 10.1. The summed E-state index contributed by atoms with van der Waals surface area (Å²) in [7, 11) is 0. The number of phenols is 1. The highest BCUT2D eigenvalue weighted by molar-refractivity contribution is 9.10. The molecule has 1 unspecified atom stereocenters. The molecular formula is C20H21BrN4O3. The number of phenolic OH excluding ortho intramolecular Hbond substituents is 1. The maximum Gasteiger partial charge on any atom is 0.419 e. The van der Waals surface area contributed by atoms with Crippen LogP contribution >= 0.6 is 15.9 Å². The van der Waals surface area contributed by atoms with E-state index >= 15 is 0 Å². The number of carbonyl (C=O) groups is 1. The Morgan fingerprint density at radius 3 is 2.71 bits per heavy atom. The number of halogens is 1. The summed E-state index contributed by atoms with van der Waals surface area (Å²) in [5, 5.41) is 12.9. The Morgan fingerprint density at radius 2 is 2.07 bits per heavy atom. The Labute approximate surface area is 171 Å². The number of anilines is 1. The molecule has 8 heteroatoms. The number of nitrogens with zero attached hydrogens (tertiary/aromatic N) is 3. The molecule has 0 aliphatic heterocycles. The van der Waals surface area contributed by atoms with Crippen molar-refractivity contribution in [2.24, 2.45) is 0 Å². The zero-order valence-electron chi connectivity index (χ0n) is 15.2. The van der Waals surface area contributed by atoms with Crippen molar-refractivity contribution in [2.45, 2.75) is 44.2 Å². The van der Waals surface area contributed by atoms with Gasteiger partial charge in [-0.25, -0.2) is 9.78 Å². The zero-order valence-corrected chi connectivity index (χ0v) is 16.8. The lowest BCUT2D eigenvalue weighted by molar-refractivity contribution is -0.147. The second kappa shape index (κ2) is 9.48. The van der Waals surface area contributed by atoms with Crippen molar-refractivity contribution < 1.29 is 19.4 Å². The third kappa shape index (κ3) is 4.97. The van der Waals surface area contributed by atoms with Gasteiger partial charge >= 0.3 is 11.7 Å². The van der Waals surface area contributed by atoms with Crippen LogP contribution in [0.3, 0.4) is 0 Å². The number of hydrogen-bond donors (Lipinski definition) is 2. The fourth-order valence-electron chi connectivity index (χ4n) is 3.22. The molecule has 1 saturated carbocycles. The van der Waals surface area contributed by atoms with Crippen molar-refractivity contribution in [3.05, 3.63) is 58.2 Å². The number of carbonyl (C=O) groups excluding carboxylic acids is 1. The first-order valence-electron chi connectivity index (χ1n) is 9.17. The summed E-state index contributed by atoms with van der Waals surface area (Å²) in [4.78, 5) is 20.2. The number of benzene rings is 1. The normalized spacial score (nSPS) is 15.3. The first kappa shape index (κ1) is 20.0. The number of nitrogens with one attached hydrogen (secondary N) is 1. The summed E-state index contributed by atoms with van der Waals surface area (Å²) in [6.07, 6.45) is 6.25. The predicted molar refractivity (Wildman–Crippen MR) is 108 cm³/mol. The minimum atomic E-state index is -0.812. The van der Waals surface area contributed by atoms with E-state index < -0.39 is 12.0 Å². The van der Waals surface area contributed by atoms with E-state index in [0.717, 1.165) is 32.1 Å². The van der Waals surface area contributed by atoms with Crippen LogP contribution in [-0.4, -0.2) is 32.7 Å². The van der Waals surface area contributed by atoms with Crippen LogP contribution in [0.25, 0.3) is 5.53 Å². The fourth-order valence-corrected chi connectivity index (χ4v) is 3.62. The van der Waals surface area contributed by atoms with E-state index in [4.69, 9.17) is 4.74 Å². The minimum Gasteiger partial charge on any atom is -0.507 e. The van der Waals surface area contributed by atoms with E-state index in [1.807, 2.05) is 0 Å². The van der Waals surface area contributed by atoms with Gasteiger partial charge in [-0.05, 0) is 71.4 Å². The first-order valence-corrected chi connectivity index (χ1v) is 9.96. The average Bonchev–Trinajstić information content (AvgIpc) is 2.71. The quantitative estimate of drug-likeness (QED) is 0.299. The molecular weight excluding hydrogens is 424 g/mol. The molecule has 1 aliphatic rings. The smallest absolute Gasteiger partial charge is 0.419 e. The number of esters is 1. The van der Waals surface area contributed by atoms with Gasteiger partial charge in [-0.2, -0.15) is 4.79 Å². The van der Waals surface area contributed by atoms with Gasteiger partial charge in [-0.15, -0.1) is 0 Å². The monoisotopic (exact) mass is 444 g/mol. The lowest BCUT2D eigenvalue weighted by Crippen LogP contribution is -2.34. The number of pyridine rings is 1. The maximum atomic E-state index is 12.8. The number of rotatable bonds is 6. The van der Waals surface area contributed by atoms with E-state index in [0.29, 0.717) is 15.9 Å². The topological polar surface area (TPSA) is 108 Å². The van der Waals surface area contributed by atoms with Gasteiger partial charge in [0.05, 0.1) is 4.47 Å². The van der Waals surface area contributed by atoms with Gasteiger partial charge in [0.2, 0.25) is 0 Å². The Balaban J connectivity index is 1.89. The van der Waals surface area contributed by atoms with Gasteiger partial charge in [-0.3, -0.25) is 0 Å². The summed E-state index contributed by atoms with van der Waals surface area (Å²) >= 11 is 3.28. The molecule has 0 saturated heterocycles. The largest absolute Gasteiger partial charge is 0.507 e. The number of ether oxygens (including phenoxy) is 1. The van der Waals surface area contributed by atoms with Crippen LogP contribution in [0.5, 0.6) is 5.75 Å². The van der Waals surface area contributed by atoms with Gasteiger partial charge in [0, 0.05) is 6.20 Å². The van der Waals surface area contributed by atoms with Crippen LogP contribution in [0.1, 0.15) is 43.7 Å². The third-order valence-corrected chi connectivity index (χ3v) is 5.31. The van der Waals surface area contributed by atoms with E-state index in [2.05, 4.69) is 31.0 Å². The summed E-state index contributed by atoms with van der Waals surface area (Å²) in [6.45, 7) is 0. The van der Waals surface area contributed by atoms with Gasteiger partial charge in [0.1, 0.15) is 17.7 Å². The second-order valence-electron chi connectivity index (χ2n) is 6.65. The molecule has 146 valence electrons. The van der Waals surface area contributed by atoms with Crippen LogP contribution < -0.4 is 5.32 Å². The summed E-state index contributed by atoms with van der Waals surface area (Å²) in [6, 6.07) is 9.28. The first-order chi connectivity index (χ1) is 13.6. The average molecular weight is 445 g/mol. The molecule has 1 aromatic carbocycles. The Morgan fingerprint density at radius 1 is 1.29 bits per heavy atom. The molecule has 1 heterocycles. The van der Waals surface area contributed by atoms with Gasteiger partial charge < -0.3 is 20.7 Å². The van der Waals surface area contributed by atoms with Crippen molar-refractivity contribution in [1.82, 2.24) is 4.98 Å². The van der Waals surface area contributed by atoms with Crippen molar-refractivity contribution in [3.63, 3.8) is 0 Å². The van der Waals surface area contributed by atoms with Crippen LogP contribution in [0.15, 0.2) is 47.1 Å². The second-order valence-corrected chi connectivity index (χ2v) is 7.51. The molecule has 1 fully saturated rings. The van der Waals surface area contributed by atoms with Crippen LogP contribution in [0.2, 0.25) is 0 Å². The number of aromatic nitrogens is 1. The van der Waals surface area contributed by atoms with Crippen molar-refractivity contribution in [2.75, 3.05) is 5.32 Å². The summed E-state index contributed by atoms with van der Waals surface area (Å²) < 4.78 is 6.04. The summed E-state index contributed by atoms with van der Waals surface area (Å²) in [5.74, 6) is -0.108. The Hall–Kier alpha value is -2.70. The molecule has 2 N–H and O–H groups in total. The molecule has 1 atom stereocenters. The SMILES string of the molecule is [N-]=[N+]=C(C(=O)OC1CCCCC1)C(Nc1ccccn1)c1ccc(O)c(Br)c1. The van der Waals surface area contributed by atoms with Crippen LogP contribution in [-0.2, 0) is 9.53 Å². The van der Waals surface area contributed by atoms with Gasteiger partial charge in [-0.1, -0.05) is 18.6 Å². The van der Waals surface area contributed by atoms with E-state index in [-0.39, 0.29) is 17.6 Å². The molecule has 0 spiro atoms. The van der Waals surface area contributed by atoms with Gasteiger partial charge in [0.15, 0.2) is 6.04 Å². The standard InChI is InChI=1S/C20H21BrN4O3/c21-15-12-13(9-10-16(15)26)18(24-17-8-4-5-11-23-17)19(25-22)20(27)28-14-6-2-1-3-7-14/h4-5,8-12,14,18,26H,1-3,6-7H2,(H,23,24). The molecule has 0 radical (unpaired) electrons. The number of aromatic hydroxyl groups is 1. The molecule has 0 amide bonds. The Bertz CT molecular complexity index is 878. The van der Waals surface area contributed by atoms with Crippen LogP contribution in [0, 0.1) is 0 Å². The molecule has 1 aromatic heterocycles. The highest BCUT2D eigenvalue weighted by atomic mass is 79.9. The minimum absolute atomic E-state index is 0.0626.